The summed E-state index contributed by atoms with van der Waals surface area (Å²) >= 11 is 0. The Bertz CT molecular complexity index is 95.2. The summed E-state index contributed by atoms with van der Waals surface area (Å²) in [7, 11) is 0. The molecule has 56 valence electrons. The lowest BCUT2D eigenvalue weighted by Gasteiger charge is -2.47. The molecular weight excluding hydrogens is 138 g/mol. The highest BCUT2D eigenvalue weighted by Gasteiger charge is 2.44. The monoisotopic (exact) mass is 151 g/mol. The molecule has 2 atom stereocenters. The molecule has 0 aromatic rings. The topological polar surface area (TPSA) is 46.2 Å². The summed E-state index contributed by atoms with van der Waals surface area (Å²) in [4.78, 5) is 0. The maximum absolute atomic E-state index is 9.07. The molecule has 0 aliphatic heterocycles. The van der Waals surface area contributed by atoms with Gasteiger partial charge >= 0.3 is 0 Å². The lowest BCUT2D eigenvalue weighted by atomic mass is 9.65. The van der Waals surface area contributed by atoms with Gasteiger partial charge in [-0.15, -0.1) is 12.4 Å². The van der Waals surface area contributed by atoms with Crippen LogP contribution in [-0.2, 0) is 0 Å². The first-order valence-corrected chi connectivity index (χ1v) is 2.99. The van der Waals surface area contributed by atoms with Gasteiger partial charge in [-0.05, 0) is 6.42 Å². The second kappa shape index (κ2) is 2.45. The van der Waals surface area contributed by atoms with Gasteiger partial charge in [0.2, 0.25) is 0 Å². The molecule has 1 saturated carbocycles. The first-order valence-electron chi connectivity index (χ1n) is 2.99. The number of rotatable bonds is 0. The van der Waals surface area contributed by atoms with E-state index in [0.29, 0.717) is 0 Å². The van der Waals surface area contributed by atoms with Gasteiger partial charge in [0.25, 0.3) is 0 Å². The van der Waals surface area contributed by atoms with Gasteiger partial charge in [0, 0.05) is 11.5 Å². The largest absolute Gasteiger partial charge is 0.392 e. The van der Waals surface area contributed by atoms with E-state index in [-0.39, 0.29) is 30.0 Å². The molecule has 0 aromatic carbocycles. The van der Waals surface area contributed by atoms with Crippen LogP contribution in [0.25, 0.3) is 0 Å². The fraction of sp³-hybridized carbons (Fsp3) is 1.00. The molecular formula is C6H14ClNO. The lowest BCUT2D eigenvalue weighted by Crippen LogP contribution is -2.57. The lowest BCUT2D eigenvalue weighted by molar-refractivity contribution is -0.0585. The van der Waals surface area contributed by atoms with Gasteiger partial charge in [-0.3, -0.25) is 0 Å². The van der Waals surface area contributed by atoms with E-state index < -0.39 is 0 Å². The van der Waals surface area contributed by atoms with Crippen molar-refractivity contribution in [3.63, 3.8) is 0 Å². The van der Waals surface area contributed by atoms with Crippen LogP contribution in [0.1, 0.15) is 20.3 Å². The molecule has 2 nitrogen and oxygen atoms in total. The molecule has 3 N–H and O–H groups in total. The van der Waals surface area contributed by atoms with Crippen molar-refractivity contribution in [3.05, 3.63) is 0 Å². The Labute approximate surface area is 61.8 Å². The van der Waals surface area contributed by atoms with Gasteiger partial charge in [-0.25, -0.2) is 0 Å². The van der Waals surface area contributed by atoms with E-state index >= 15 is 0 Å². The Morgan fingerprint density at radius 2 is 2.00 bits per heavy atom. The highest BCUT2D eigenvalue weighted by atomic mass is 35.5. The zero-order chi connectivity index (χ0) is 6.36. The van der Waals surface area contributed by atoms with E-state index in [9.17, 15) is 0 Å². The van der Waals surface area contributed by atoms with Crippen molar-refractivity contribution in [2.75, 3.05) is 0 Å². The SMILES string of the molecule is CC1(C)[C@H](N)C[C@H]1O.Cl. The summed E-state index contributed by atoms with van der Waals surface area (Å²) in [6, 6.07) is 0.206. The summed E-state index contributed by atoms with van der Waals surface area (Å²) in [6.07, 6.45) is 0.602. The minimum absolute atomic E-state index is 0. The van der Waals surface area contributed by atoms with Crippen molar-refractivity contribution < 1.29 is 5.11 Å². The van der Waals surface area contributed by atoms with Gasteiger partial charge in [-0.2, -0.15) is 0 Å². The molecule has 3 heteroatoms. The van der Waals surface area contributed by atoms with Crippen LogP contribution < -0.4 is 5.73 Å². The molecule has 1 aliphatic carbocycles. The number of aliphatic hydroxyl groups excluding tert-OH is 1. The Morgan fingerprint density at radius 3 is 2.00 bits per heavy atom. The summed E-state index contributed by atoms with van der Waals surface area (Å²) in [6.45, 7) is 3.98. The molecule has 1 fully saturated rings. The number of hydrogen-bond donors (Lipinski definition) is 2. The van der Waals surface area contributed by atoms with E-state index in [2.05, 4.69) is 0 Å². The van der Waals surface area contributed by atoms with E-state index in [0.717, 1.165) is 6.42 Å². The Balaban J connectivity index is 0.000000640. The van der Waals surface area contributed by atoms with Crippen molar-refractivity contribution in [2.45, 2.75) is 32.4 Å². The van der Waals surface area contributed by atoms with Crippen LogP contribution in [0.5, 0.6) is 0 Å². The average Bonchev–Trinajstić information content (AvgIpc) is 1.68. The van der Waals surface area contributed by atoms with Crippen LogP contribution in [-0.4, -0.2) is 17.3 Å². The molecule has 0 radical (unpaired) electrons. The van der Waals surface area contributed by atoms with Crippen LogP contribution in [0, 0.1) is 5.41 Å². The third-order valence-electron chi connectivity index (χ3n) is 2.29. The average molecular weight is 152 g/mol. The number of nitrogens with two attached hydrogens (primary N) is 1. The van der Waals surface area contributed by atoms with Crippen LogP contribution in [0.3, 0.4) is 0 Å². The number of halogens is 1. The Hall–Kier alpha value is 0.210. The number of aliphatic hydroxyl groups is 1. The third kappa shape index (κ3) is 1.20. The first kappa shape index (κ1) is 9.21. The van der Waals surface area contributed by atoms with Crippen molar-refractivity contribution in [1.29, 1.82) is 0 Å². The van der Waals surface area contributed by atoms with Gasteiger partial charge in [0.15, 0.2) is 0 Å². The fourth-order valence-electron chi connectivity index (χ4n) is 0.935. The molecule has 0 aromatic heterocycles. The highest BCUT2D eigenvalue weighted by Crippen LogP contribution is 2.38. The summed E-state index contributed by atoms with van der Waals surface area (Å²) in [5.41, 5.74) is 5.56. The van der Waals surface area contributed by atoms with Crippen molar-refractivity contribution in [2.24, 2.45) is 11.1 Å². The highest BCUT2D eigenvalue weighted by molar-refractivity contribution is 5.85. The maximum Gasteiger partial charge on any atom is 0.0620 e. The Kier molecular flexibility index (Phi) is 2.50. The summed E-state index contributed by atoms with van der Waals surface area (Å²) in [5, 5.41) is 9.07. The number of hydrogen-bond acceptors (Lipinski definition) is 2. The molecule has 0 amide bonds. The van der Waals surface area contributed by atoms with E-state index in [4.69, 9.17) is 10.8 Å². The Morgan fingerprint density at radius 1 is 1.56 bits per heavy atom. The molecule has 9 heavy (non-hydrogen) atoms. The van der Waals surface area contributed by atoms with Crippen LogP contribution in [0.2, 0.25) is 0 Å². The fourth-order valence-corrected chi connectivity index (χ4v) is 0.935. The van der Waals surface area contributed by atoms with Crippen LogP contribution in [0.4, 0.5) is 0 Å². The van der Waals surface area contributed by atoms with Crippen molar-refractivity contribution >= 4 is 12.4 Å². The summed E-state index contributed by atoms with van der Waals surface area (Å²) < 4.78 is 0. The zero-order valence-electron chi connectivity index (χ0n) is 5.79. The second-order valence-corrected chi connectivity index (χ2v) is 3.18. The first-order chi connectivity index (χ1) is 3.55. The normalized spacial score (nSPS) is 38.7. The minimum Gasteiger partial charge on any atom is -0.392 e. The standard InChI is InChI=1S/C6H13NO.ClH/c1-6(2)4(7)3-5(6)8;/h4-5,8H,3,7H2,1-2H3;1H/t4-,5-;/m1./s1. The molecule has 0 saturated heterocycles. The predicted octanol–water partition coefficient (Wildman–Crippen LogP) is 0.526. The van der Waals surface area contributed by atoms with E-state index in [1.165, 1.54) is 0 Å². The summed E-state index contributed by atoms with van der Waals surface area (Å²) in [5.74, 6) is 0. The van der Waals surface area contributed by atoms with Crippen LogP contribution >= 0.6 is 12.4 Å². The van der Waals surface area contributed by atoms with Crippen molar-refractivity contribution in [3.8, 4) is 0 Å². The quantitative estimate of drug-likeness (QED) is 0.531. The molecule has 0 heterocycles. The molecule has 0 bridgehead atoms. The second-order valence-electron chi connectivity index (χ2n) is 3.18. The molecule has 1 rings (SSSR count). The van der Waals surface area contributed by atoms with Crippen LogP contribution in [0.15, 0.2) is 0 Å². The van der Waals surface area contributed by atoms with Gasteiger partial charge in [0.05, 0.1) is 6.10 Å². The zero-order valence-corrected chi connectivity index (χ0v) is 6.61. The molecule has 0 spiro atoms. The van der Waals surface area contributed by atoms with E-state index in [1.54, 1.807) is 0 Å². The molecule has 0 unspecified atom stereocenters. The van der Waals surface area contributed by atoms with Gasteiger partial charge in [0.1, 0.15) is 0 Å². The minimum atomic E-state index is -0.169. The predicted molar refractivity (Wildman–Crippen MR) is 39.6 cm³/mol. The maximum atomic E-state index is 9.07. The smallest absolute Gasteiger partial charge is 0.0620 e. The van der Waals surface area contributed by atoms with Gasteiger partial charge in [-0.1, -0.05) is 13.8 Å². The van der Waals surface area contributed by atoms with Crippen molar-refractivity contribution in [1.82, 2.24) is 0 Å². The van der Waals surface area contributed by atoms with E-state index in [1.807, 2.05) is 13.8 Å². The molecule has 1 aliphatic rings. The van der Waals surface area contributed by atoms with Gasteiger partial charge < -0.3 is 10.8 Å². The third-order valence-corrected chi connectivity index (χ3v) is 2.29.